The molecule has 2 nitrogen and oxygen atoms in total. The van der Waals surface area contributed by atoms with Gasteiger partial charge in [0.05, 0.1) is 0 Å². The lowest BCUT2D eigenvalue weighted by Crippen LogP contribution is -2.49. The zero-order valence-corrected chi connectivity index (χ0v) is 10.1. The second-order valence-electron chi connectivity index (χ2n) is 5.40. The van der Waals surface area contributed by atoms with Crippen molar-refractivity contribution in [3.63, 3.8) is 0 Å². The van der Waals surface area contributed by atoms with Gasteiger partial charge >= 0.3 is 0 Å². The molecule has 0 amide bonds. The highest BCUT2D eigenvalue weighted by atomic mass is 16.1. The van der Waals surface area contributed by atoms with E-state index in [9.17, 15) is 4.79 Å². The maximum absolute atomic E-state index is 11.6. The van der Waals surface area contributed by atoms with Gasteiger partial charge in [0, 0.05) is 18.9 Å². The fourth-order valence-corrected chi connectivity index (χ4v) is 3.60. The standard InChI is InChI=1S/C13H23NO/c1-3-14(2)12-10-11(15)6-9-13(12)7-4-5-8-13/h12H,3-10H2,1-2H3. The summed E-state index contributed by atoms with van der Waals surface area (Å²) in [6.07, 6.45) is 8.27. The van der Waals surface area contributed by atoms with Crippen LogP contribution in [0.25, 0.3) is 0 Å². The molecule has 0 saturated heterocycles. The lowest BCUT2D eigenvalue weighted by molar-refractivity contribution is -0.125. The van der Waals surface area contributed by atoms with Gasteiger partial charge in [-0.25, -0.2) is 0 Å². The van der Waals surface area contributed by atoms with Crippen LogP contribution in [0.15, 0.2) is 0 Å². The first-order valence-corrected chi connectivity index (χ1v) is 6.40. The van der Waals surface area contributed by atoms with Crippen molar-refractivity contribution in [3.8, 4) is 0 Å². The molecule has 2 rings (SSSR count). The Bertz CT molecular complexity index is 243. The summed E-state index contributed by atoms with van der Waals surface area (Å²) in [5, 5.41) is 0. The summed E-state index contributed by atoms with van der Waals surface area (Å²) in [5.41, 5.74) is 0.499. The Balaban J connectivity index is 2.16. The van der Waals surface area contributed by atoms with E-state index in [1.54, 1.807) is 0 Å². The maximum atomic E-state index is 11.6. The van der Waals surface area contributed by atoms with Crippen LogP contribution in [0.4, 0.5) is 0 Å². The molecule has 0 heterocycles. The van der Waals surface area contributed by atoms with Crippen molar-refractivity contribution >= 4 is 5.78 Å². The van der Waals surface area contributed by atoms with Crippen LogP contribution >= 0.6 is 0 Å². The second kappa shape index (κ2) is 4.25. The third-order valence-electron chi connectivity index (χ3n) is 4.66. The lowest BCUT2D eigenvalue weighted by Gasteiger charge is -2.45. The molecule has 2 aliphatic carbocycles. The van der Waals surface area contributed by atoms with Crippen molar-refractivity contribution in [2.24, 2.45) is 5.41 Å². The molecule has 2 saturated carbocycles. The van der Waals surface area contributed by atoms with E-state index in [4.69, 9.17) is 0 Å². The number of Topliss-reactive ketones (excluding diaryl/α,β-unsaturated/α-hetero) is 1. The van der Waals surface area contributed by atoms with Crippen LogP contribution in [0.5, 0.6) is 0 Å². The number of carbonyl (C=O) groups excluding carboxylic acids is 1. The fourth-order valence-electron chi connectivity index (χ4n) is 3.60. The number of rotatable bonds is 2. The van der Waals surface area contributed by atoms with Crippen molar-refractivity contribution < 1.29 is 4.79 Å². The number of ketones is 1. The van der Waals surface area contributed by atoms with Crippen LogP contribution in [0.3, 0.4) is 0 Å². The smallest absolute Gasteiger partial charge is 0.134 e. The topological polar surface area (TPSA) is 20.3 Å². The first-order chi connectivity index (χ1) is 7.18. The van der Waals surface area contributed by atoms with Crippen LogP contribution in [-0.2, 0) is 4.79 Å². The molecule has 0 bridgehead atoms. The van der Waals surface area contributed by atoms with Gasteiger partial charge in [0.1, 0.15) is 5.78 Å². The summed E-state index contributed by atoms with van der Waals surface area (Å²) in [5.74, 6) is 0.484. The molecule has 1 atom stereocenters. The molecule has 2 fully saturated rings. The normalized spacial score (nSPS) is 30.3. The van der Waals surface area contributed by atoms with Crippen LogP contribution in [0.2, 0.25) is 0 Å². The molecular weight excluding hydrogens is 186 g/mol. The minimum atomic E-state index is 0.484. The Morgan fingerprint density at radius 3 is 2.60 bits per heavy atom. The highest BCUT2D eigenvalue weighted by molar-refractivity contribution is 5.80. The average molecular weight is 209 g/mol. The monoisotopic (exact) mass is 209 g/mol. The zero-order valence-electron chi connectivity index (χ0n) is 10.1. The Kier molecular flexibility index (Phi) is 3.15. The van der Waals surface area contributed by atoms with E-state index in [1.807, 2.05) is 0 Å². The van der Waals surface area contributed by atoms with Crippen molar-refractivity contribution in [1.29, 1.82) is 0 Å². The van der Waals surface area contributed by atoms with Crippen LogP contribution < -0.4 is 0 Å². The largest absolute Gasteiger partial charge is 0.303 e. The first kappa shape index (κ1) is 11.1. The third kappa shape index (κ3) is 1.96. The van der Waals surface area contributed by atoms with Gasteiger partial charge < -0.3 is 4.90 Å². The number of carbonyl (C=O) groups is 1. The summed E-state index contributed by atoms with van der Waals surface area (Å²) in [6.45, 7) is 3.27. The van der Waals surface area contributed by atoms with Crippen LogP contribution in [0, 0.1) is 5.41 Å². The molecule has 0 N–H and O–H groups in total. The Morgan fingerprint density at radius 1 is 1.33 bits per heavy atom. The fraction of sp³-hybridized carbons (Fsp3) is 0.923. The molecule has 0 aromatic rings. The van der Waals surface area contributed by atoms with Gasteiger partial charge in [-0.05, 0) is 38.3 Å². The molecular formula is C13H23NO. The van der Waals surface area contributed by atoms with Gasteiger partial charge in [-0.1, -0.05) is 19.8 Å². The van der Waals surface area contributed by atoms with Gasteiger partial charge in [-0.15, -0.1) is 0 Å². The SMILES string of the molecule is CCN(C)C1CC(=O)CCC12CCCC2. The van der Waals surface area contributed by atoms with E-state index in [0.29, 0.717) is 17.2 Å². The van der Waals surface area contributed by atoms with Crippen LogP contribution in [-0.4, -0.2) is 30.3 Å². The minimum Gasteiger partial charge on any atom is -0.303 e. The van der Waals surface area contributed by atoms with E-state index in [0.717, 1.165) is 25.8 Å². The molecule has 1 spiro atoms. The molecule has 0 aliphatic heterocycles. The van der Waals surface area contributed by atoms with Crippen molar-refractivity contribution in [3.05, 3.63) is 0 Å². The van der Waals surface area contributed by atoms with E-state index < -0.39 is 0 Å². The van der Waals surface area contributed by atoms with Crippen molar-refractivity contribution in [2.45, 2.75) is 57.9 Å². The summed E-state index contributed by atoms with van der Waals surface area (Å²) in [6, 6.07) is 0.534. The summed E-state index contributed by atoms with van der Waals surface area (Å²) in [7, 11) is 2.18. The highest BCUT2D eigenvalue weighted by Crippen LogP contribution is 2.49. The number of nitrogens with zero attached hydrogens (tertiary/aromatic N) is 1. The quantitative estimate of drug-likeness (QED) is 0.697. The van der Waals surface area contributed by atoms with E-state index >= 15 is 0 Å². The van der Waals surface area contributed by atoms with E-state index in [1.165, 1.54) is 25.7 Å². The van der Waals surface area contributed by atoms with E-state index in [2.05, 4.69) is 18.9 Å². The second-order valence-corrected chi connectivity index (χ2v) is 5.40. The van der Waals surface area contributed by atoms with E-state index in [-0.39, 0.29) is 0 Å². The molecule has 1 unspecified atom stereocenters. The van der Waals surface area contributed by atoms with Crippen molar-refractivity contribution in [1.82, 2.24) is 4.90 Å². The third-order valence-corrected chi connectivity index (χ3v) is 4.66. The molecule has 0 aromatic carbocycles. The Hall–Kier alpha value is -0.370. The summed E-state index contributed by atoms with van der Waals surface area (Å²) >= 11 is 0. The van der Waals surface area contributed by atoms with Crippen LogP contribution in [0.1, 0.15) is 51.9 Å². The maximum Gasteiger partial charge on any atom is 0.134 e. The minimum absolute atomic E-state index is 0.484. The van der Waals surface area contributed by atoms with Gasteiger partial charge in [0.15, 0.2) is 0 Å². The molecule has 86 valence electrons. The molecule has 0 radical (unpaired) electrons. The van der Waals surface area contributed by atoms with Gasteiger partial charge in [-0.2, -0.15) is 0 Å². The van der Waals surface area contributed by atoms with Gasteiger partial charge in [0.2, 0.25) is 0 Å². The Morgan fingerprint density at radius 2 is 2.00 bits per heavy atom. The number of hydrogen-bond donors (Lipinski definition) is 0. The lowest BCUT2D eigenvalue weighted by atomic mass is 9.68. The summed E-state index contributed by atoms with van der Waals surface area (Å²) in [4.78, 5) is 14.0. The Labute approximate surface area is 93.0 Å². The van der Waals surface area contributed by atoms with Crippen molar-refractivity contribution in [2.75, 3.05) is 13.6 Å². The predicted molar refractivity (Wildman–Crippen MR) is 61.9 cm³/mol. The molecule has 0 aromatic heterocycles. The highest BCUT2D eigenvalue weighted by Gasteiger charge is 2.45. The molecule has 2 aliphatic rings. The number of hydrogen-bond acceptors (Lipinski definition) is 2. The summed E-state index contributed by atoms with van der Waals surface area (Å²) < 4.78 is 0. The molecule has 2 heteroatoms. The van der Waals surface area contributed by atoms with Gasteiger partial charge in [0.25, 0.3) is 0 Å². The van der Waals surface area contributed by atoms with Gasteiger partial charge in [-0.3, -0.25) is 4.79 Å². The first-order valence-electron chi connectivity index (χ1n) is 6.40. The average Bonchev–Trinajstić information content (AvgIpc) is 2.70. The zero-order chi connectivity index (χ0) is 10.9. The predicted octanol–water partition coefficient (Wildman–Crippen LogP) is 2.62. The molecule has 15 heavy (non-hydrogen) atoms.